The highest BCUT2D eigenvalue weighted by molar-refractivity contribution is 5.19. The van der Waals surface area contributed by atoms with Crippen LogP contribution >= 0.6 is 0 Å². The van der Waals surface area contributed by atoms with Crippen molar-refractivity contribution in [1.82, 2.24) is 9.55 Å². The Morgan fingerprint density at radius 3 is 3.00 bits per heavy atom. The van der Waals surface area contributed by atoms with Crippen molar-refractivity contribution >= 4 is 0 Å². The van der Waals surface area contributed by atoms with Gasteiger partial charge in [-0.2, -0.15) is 0 Å². The Morgan fingerprint density at radius 1 is 1.40 bits per heavy atom. The highest BCUT2D eigenvalue weighted by Gasteiger charge is 2.17. The summed E-state index contributed by atoms with van der Waals surface area (Å²) >= 11 is 0. The molecule has 1 aliphatic rings. The molecule has 2 nitrogen and oxygen atoms in total. The maximum Gasteiger partial charge on any atom is 0.106 e. The van der Waals surface area contributed by atoms with Crippen LogP contribution in [0.3, 0.4) is 0 Å². The number of terminal acetylenes is 1. The number of unbranched alkanes of at least 4 members (excludes halogenated alkanes) is 1. The molecule has 1 aliphatic carbocycles. The normalized spacial score (nSPS) is 14.7. The lowest BCUT2D eigenvalue weighted by atomic mass is 10.0. The largest absolute Gasteiger partial charge is 0.332 e. The van der Waals surface area contributed by atoms with Gasteiger partial charge in [-0.3, -0.25) is 0 Å². The molecule has 0 amide bonds. The van der Waals surface area contributed by atoms with Crippen molar-refractivity contribution in [2.45, 2.75) is 52.0 Å². The third-order valence-electron chi connectivity index (χ3n) is 3.13. The van der Waals surface area contributed by atoms with Gasteiger partial charge in [-0.15, -0.1) is 12.3 Å². The number of imidazole rings is 1. The van der Waals surface area contributed by atoms with Crippen LogP contribution in [-0.2, 0) is 19.4 Å². The Hall–Kier alpha value is -1.23. The van der Waals surface area contributed by atoms with E-state index >= 15 is 0 Å². The van der Waals surface area contributed by atoms with Gasteiger partial charge in [0.15, 0.2) is 0 Å². The Kier molecular flexibility index (Phi) is 3.11. The van der Waals surface area contributed by atoms with E-state index in [9.17, 15) is 0 Å². The minimum atomic E-state index is 0.867. The average molecular weight is 202 g/mol. The quantitative estimate of drug-likeness (QED) is 0.544. The van der Waals surface area contributed by atoms with Crippen LogP contribution in [-0.4, -0.2) is 9.55 Å². The van der Waals surface area contributed by atoms with E-state index in [2.05, 4.69) is 22.4 Å². The molecule has 0 aromatic carbocycles. The maximum absolute atomic E-state index is 5.27. The van der Waals surface area contributed by atoms with Crippen LogP contribution in [0.4, 0.5) is 0 Å². The minimum absolute atomic E-state index is 0.867. The van der Waals surface area contributed by atoms with E-state index in [1.165, 1.54) is 36.5 Å². The van der Waals surface area contributed by atoms with Gasteiger partial charge in [-0.1, -0.05) is 0 Å². The highest BCUT2D eigenvalue weighted by atomic mass is 15.1. The van der Waals surface area contributed by atoms with Crippen LogP contribution in [0.5, 0.6) is 0 Å². The first-order valence-corrected chi connectivity index (χ1v) is 5.81. The second kappa shape index (κ2) is 4.53. The molecule has 0 saturated carbocycles. The van der Waals surface area contributed by atoms with Crippen molar-refractivity contribution in [2.75, 3.05) is 0 Å². The number of nitrogens with zero attached hydrogens (tertiary/aromatic N) is 2. The highest BCUT2D eigenvalue weighted by Crippen LogP contribution is 2.22. The number of aromatic nitrogens is 2. The Morgan fingerprint density at radius 2 is 2.20 bits per heavy atom. The van der Waals surface area contributed by atoms with Gasteiger partial charge in [-0.25, -0.2) is 4.98 Å². The van der Waals surface area contributed by atoms with Gasteiger partial charge in [0.05, 0.1) is 5.69 Å². The topological polar surface area (TPSA) is 17.8 Å². The van der Waals surface area contributed by atoms with E-state index in [1.54, 1.807) is 0 Å². The summed E-state index contributed by atoms with van der Waals surface area (Å²) in [6.45, 7) is 3.15. The van der Waals surface area contributed by atoms with Crippen LogP contribution in [0, 0.1) is 19.3 Å². The fourth-order valence-corrected chi connectivity index (χ4v) is 2.37. The molecule has 15 heavy (non-hydrogen) atoms. The number of rotatable bonds is 3. The van der Waals surface area contributed by atoms with Crippen molar-refractivity contribution in [3.05, 3.63) is 17.2 Å². The summed E-state index contributed by atoms with van der Waals surface area (Å²) in [7, 11) is 0. The molecule has 0 radical (unpaired) electrons. The van der Waals surface area contributed by atoms with Crippen LogP contribution in [0.15, 0.2) is 0 Å². The van der Waals surface area contributed by atoms with E-state index in [0.29, 0.717) is 0 Å². The van der Waals surface area contributed by atoms with Crippen molar-refractivity contribution < 1.29 is 0 Å². The van der Waals surface area contributed by atoms with Gasteiger partial charge in [0, 0.05) is 18.7 Å². The van der Waals surface area contributed by atoms with Gasteiger partial charge >= 0.3 is 0 Å². The molecule has 0 atom stereocenters. The summed E-state index contributed by atoms with van der Waals surface area (Å²) in [5.74, 6) is 3.86. The van der Waals surface area contributed by atoms with Crippen LogP contribution in [0.2, 0.25) is 0 Å². The molecule has 0 aliphatic heterocycles. The number of aryl methyl sites for hydroxylation is 2. The molecule has 0 unspecified atom stereocenters. The fourth-order valence-electron chi connectivity index (χ4n) is 2.37. The third-order valence-corrected chi connectivity index (χ3v) is 3.13. The van der Waals surface area contributed by atoms with Crippen LogP contribution in [0.25, 0.3) is 0 Å². The van der Waals surface area contributed by atoms with Crippen LogP contribution in [0.1, 0.15) is 42.9 Å². The molecular weight excluding hydrogens is 184 g/mol. The second-order valence-electron chi connectivity index (χ2n) is 4.22. The summed E-state index contributed by atoms with van der Waals surface area (Å²) in [5.41, 5.74) is 2.80. The first-order valence-electron chi connectivity index (χ1n) is 5.81. The van der Waals surface area contributed by atoms with Gasteiger partial charge in [0.1, 0.15) is 5.82 Å². The van der Waals surface area contributed by atoms with E-state index in [4.69, 9.17) is 6.42 Å². The van der Waals surface area contributed by atoms with Gasteiger partial charge in [0.25, 0.3) is 0 Å². The molecule has 2 heteroatoms. The van der Waals surface area contributed by atoms with Crippen molar-refractivity contribution in [1.29, 1.82) is 0 Å². The first kappa shape index (κ1) is 10.3. The van der Waals surface area contributed by atoms with Crippen molar-refractivity contribution in [2.24, 2.45) is 0 Å². The predicted molar refractivity (Wildman–Crippen MR) is 61.7 cm³/mol. The lowest BCUT2D eigenvalue weighted by Gasteiger charge is -2.14. The van der Waals surface area contributed by atoms with Gasteiger partial charge in [-0.05, 0) is 39.0 Å². The standard InChI is InChI=1S/C13H18N2/c1-3-4-7-10-15-11(2)14-12-8-5-6-9-13(12)15/h1H,4-10H2,2H3. The van der Waals surface area contributed by atoms with E-state index in [-0.39, 0.29) is 0 Å². The zero-order valence-electron chi connectivity index (χ0n) is 9.42. The minimum Gasteiger partial charge on any atom is -0.332 e. The zero-order chi connectivity index (χ0) is 10.7. The lowest BCUT2D eigenvalue weighted by molar-refractivity contribution is 0.578. The molecule has 0 saturated heterocycles. The van der Waals surface area contributed by atoms with E-state index < -0.39 is 0 Å². The Bertz CT molecular complexity index is 382. The third kappa shape index (κ3) is 2.07. The molecule has 1 aromatic heterocycles. The molecule has 1 heterocycles. The summed E-state index contributed by atoms with van der Waals surface area (Å²) in [4.78, 5) is 4.64. The monoisotopic (exact) mass is 202 g/mol. The summed E-state index contributed by atoms with van der Waals surface area (Å²) < 4.78 is 2.37. The lowest BCUT2D eigenvalue weighted by Crippen LogP contribution is -2.09. The maximum atomic E-state index is 5.27. The molecule has 0 spiro atoms. The Labute approximate surface area is 91.7 Å². The van der Waals surface area contributed by atoms with Crippen LogP contribution < -0.4 is 0 Å². The fraction of sp³-hybridized carbons (Fsp3) is 0.615. The first-order chi connectivity index (χ1) is 7.33. The number of hydrogen-bond acceptors (Lipinski definition) is 1. The summed E-state index contributed by atoms with van der Waals surface area (Å²) in [5, 5.41) is 0. The van der Waals surface area contributed by atoms with Crippen molar-refractivity contribution in [3.8, 4) is 12.3 Å². The molecular formula is C13H18N2. The Balaban J connectivity index is 2.15. The predicted octanol–water partition coefficient (Wildman–Crippen LogP) is 2.48. The number of hydrogen-bond donors (Lipinski definition) is 0. The average Bonchev–Trinajstić information content (AvgIpc) is 2.56. The zero-order valence-corrected chi connectivity index (χ0v) is 9.42. The van der Waals surface area contributed by atoms with Gasteiger partial charge < -0.3 is 4.57 Å². The second-order valence-corrected chi connectivity index (χ2v) is 4.22. The molecule has 2 rings (SSSR count). The van der Waals surface area contributed by atoms with E-state index in [1.807, 2.05) is 0 Å². The molecule has 80 valence electrons. The van der Waals surface area contributed by atoms with E-state index in [0.717, 1.165) is 25.8 Å². The molecule has 1 aromatic rings. The summed E-state index contributed by atoms with van der Waals surface area (Å²) in [6.07, 6.45) is 12.2. The van der Waals surface area contributed by atoms with Crippen molar-refractivity contribution in [3.63, 3.8) is 0 Å². The number of fused-ring (bicyclic) bond motifs is 1. The molecule has 0 fully saturated rings. The molecule has 0 bridgehead atoms. The molecule has 0 N–H and O–H groups in total. The summed E-state index contributed by atoms with van der Waals surface area (Å²) in [6, 6.07) is 0. The SMILES string of the molecule is C#CCCCn1c(C)nc2c1CCCC2. The van der Waals surface area contributed by atoms with Gasteiger partial charge in [0.2, 0.25) is 0 Å². The smallest absolute Gasteiger partial charge is 0.106 e.